The second-order valence-corrected chi connectivity index (χ2v) is 8.87. The molecule has 5 rings (SSSR count). The SMILES string of the molecule is CNC(=O)c1cccc2c1nc(Nc1cccc(OCCN3CCOCC3)c1F)c1sccc12. The lowest BCUT2D eigenvalue weighted by Crippen LogP contribution is -2.38. The van der Waals surface area contributed by atoms with Gasteiger partial charge >= 0.3 is 0 Å². The lowest BCUT2D eigenvalue weighted by molar-refractivity contribution is 0.0320. The molecule has 9 heteroatoms. The van der Waals surface area contributed by atoms with Crippen molar-refractivity contribution in [2.24, 2.45) is 0 Å². The Balaban J connectivity index is 1.44. The standard InChI is InChI=1S/C25H25FN4O3S/c1-27-25(31)18-5-2-4-16-17-8-15-34-23(17)24(29-22(16)18)28-19-6-3-7-20(21(19)26)33-14-11-30-9-12-32-13-10-30/h2-8,15H,9-14H2,1H3,(H,27,31)(H,28,29). The summed E-state index contributed by atoms with van der Waals surface area (Å²) in [6.07, 6.45) is 0. The van der Waals surface area contributed by atoms with Crippen LogP contribution in [0, 0.1) is 5.82 Å². The van der Waals surface area contributed by atoms with E-state index in [9.17, 15) is 4.79 Å². The summed E-state index contributed by atoms with van der Waals surface area (Å²) in [7, 11) is 1.59. The van der Waals surface area contributed by atoms with Gasteiger partial charge in [-0.15, -0.1) is 11.3 Å². The van der Waals surface area contributed by atoms with Gasteiger partial charge in [0, 0.05) is 37.5 Å². The first-order chi connectivity index (χ1) is 16.7. The van der Waals surface area contributed by atoms with Crippen molar-refractivity contribution in [2.75, 3.05) is 51.8 Å². The predicted octanol–water partition coefficient (Wildman–Crippen LogP) is 4.40. The van der Waals surface area contributed by atoms with Crippen molar-refractivity contribution >= 4 is 49.7 Å². The first-order valence-corrected chi connectivity index (χ1v) is 12.0. The second kappa shape index (κ2) is 9.92. The van der Waals surface area contributed by atoms with E-state index in [1.54, 1.807) is 31.3 Å². The maximum absolute atomic E-state index is 15.3. The number of morpholine rings is 1. The van der Waals surface area contributed by atoms with Crippen LogP contribution in [0.15, 0.2) is 47.8 Å². The summed E-state index contributed by atoms with van der Waals surface area (Å²) < 4.78 is 27.3. The zero-order valence-electron chi connectivity index (χ0n) is 18.8. The van der Waals surface area contributed by atoms with Crippen molar-refractivity contribution in [3.05, 3.63) is 59.2 Å². The number of carbonyl (C=O) groups is 1. The molecule has 0 unspecified atom stereocenters. The number of nitrogens with zero attached hydrogens (tertiary/aromatic N) is 2. The van der Waals surface area contributed by atoms with Crippen molar-refractivity contribution < 1.29 is 18.7 Å². The van der Waals surface area contributed by atoms with Gasteiger partial charge in [0.15, 0.2) is 11.6 Å². The number of anilines is 2. The highest BCUT2D eigenvalue weighted by molar-refractivity contribution is 7.18. The quantitative estimate of drug-likeness (QED) is 0.408. The number of hydrogen-bond acceptors (Lipinski definition) is 7. The molecular formula is C25H25FN4O3S. The number of amides is 1. The van der Waals surface area contributed by atoms with E-state index < -0.39 is 5.82 Å². The van der Waals surface area contributed by atoms with Crippen molar-refractivity contribution in [1.82, 2.24) is 15.2 Å². The molecule has 34 heavy (non-hydrogen) atoms. The number of hydrogen-bond donors (Lipinski definition) is 2. The Morgan fingerprint density at radius 3 is 2.82 bits per heavy atom. The van der Waals surface area contributed by atoms with E-state index in [4.69, 9.17) is 14.5 Å². The van der Waals surface area contributed by atoms with Crippen LogP contribution in [0.25, 0.3) is 21.0 Å². The van der Waals surface area contributed by atoms with Gasteiger partial charge in [0.2, 0.25) is 0 Å². The number of halogens is 1. The maximum atomic E-state index is 15.3. The number of aromatic nitrogens is 1. The molecule has 0 radical (unpaired) electrons. The van der Waals surface area contributed by atoms with Crippen LogP contribution in [0.5, 0.6) is 5.75 Å². The number of para-hydroxylation sites is 1. The third kappa shape index (κ3) is 4.42. The molecule has 0 spiro atoms. The molecule has 2 N–H and O–H groups in total. The Hall–Kier alpha value is -3.27. The van der Waals surface area contributed by atoms with Gasteiger partial charge in [0.05, 0.1) is 34.7 Å². The summed E-state index contributed by atoms with van der Waals surface area (Å²) in [5.74, 6) is -0.0121. The third-order valence-corrected chi connectivity index (χ3v) is 6.81. The van der Waals surface area contributed by atoms with E-state index in [1.807, 2.05) is 23.6 Å². The number of fused-ring (bicyclic) bond motifs is 3. The highest BCUT2D eigenvalue weighted by atomic mass is 32.1. The first-order valence-electron chi connectivity index (χ1n) is 11.2. The number of carbonyl (C=O) groups excluding carboxylic acids is 1. The van der Waals surface area contributed by atoms with Gasteiger partial charge in [-0.3, -0.25) is 9.69 Å². The molecular weight excluding hydrogens is 455 g/mol. The van der Waals surface area contributed by atoms with Crippen LogP contribution in [0.3, 0.4) is 0 Å². The Morgan fingerprint density at radius 2 is 2.00 bits per heavy atom. The van der Waals surface area contributed by atoms with E-state index in [2.05, 4.69) is 15.5 Å². The molecule has 1 amide bonds. The number of thiophene rings is 1. The van der Waals surface area contributed by atoms with Crippen LogP contribution >= 0.6 is 11.3 Å². The van der Waals surface area contributed by atoms with E-state index in [0.717, 1.165) is 28.6 Å². The molecule has 176 valence electrons. The van der Waals surface area contributed by atoms with Gasteiger partial charge in [-0.05, 0) is 29.6 Å². The lowest BCUT2D eigenvalue weighted by atomic mass is 10.1. The van der Waals surface area contributed by atoms with Crippen LogP contribution < -0.4 is 15.4 Å². The van der Waals surface area contributed by atoms with Crippen molar-refractivity contribution in [3.8, 4) is 5.75 Å². The highest BCUT2D eigenvalue weighted by Gasteiger charge is 2.18. The molecule has 1 aliphatic rings. The molecule has 0 aliphatic carbocycles. The molecule has 0 bridgehead atoms. The number of benzene rings is 2. The second-order valence-electron chi connectivity index (χ2n) is 7.95. The number of nitrogens with one attached hydrogen (secondary N) is 2. The topological polar surface area (TPSA) is 75.7 Å². The molecule has 4 aromatic rings. The predicted molar refractivity (Wildman–Crippen MR) is 133 cm³/mol. The molecule has 0 atom stereocenters. The van der Waals surface area contributed by atoms with Crippen LogP contribution in [0.4, 0.5) is 15.9 Å². The fraction of sp³-hybridized carbons (Fsp3) is 0.280. The summed E-state index contributed by atoms with van der Waals surface area (Å²) in [5, 5.41) is 9.61. The van der Waals surface area contributed by atoms with E-state index in [1.165, 1.54) is 11.3 Å². The Bertz CT molecular complexity index is 1340. The van der Waals surface area contributed by atoms with E-state index >= 15 is 4.39 Å². The summed E-state index contributed by atoms with van der Waals surface area (Å²) in [5.41, 5.74) is 1.30. The van der Waals surface area contributed by atoms with Crippen LogP contribution in [0.1, 0.15) is 10.4 Å². The van der Waals surface area contributed by atoms with Gasteiger partial charge in [-0.25, -0.2) is 9.37 Å². The third-order valence-electron chi connectivity index (χ3n) is 5.89. The van der Waals surface area contributed by atoms with E-state index in [0.29, 0.717) is 43.3 Å². The average molecular weight is 481 g/mol. The summed E-state index contributed by atoms with van der Waals surface area (Å²) in [6.45, 7) is 4.24. The summed E-state index contributed by atoms with van der Waals surface area (Å²) >= 11 is 1.51. The smallest absolute Gasteiger partial charge is 0.253 e. The molecule has 2 aromatic carbocycles. The molecule has 1 saturated heterocycles. The Morgan fingerprint density at radius 1 is 1.18 bits per heavy atom. The Kier molecular flexibility index (Phi) is 6.57. The number of rotatable bonds is 7. The minimum absolute atomic E-state index is 0.188. The fourth-order valence-corrected chi connectivity index (χ4v) is 4.96. The lowest BCUT2D eigenvalue weighted by Gasteiger charge is -2.26. The minimum atomic E-state index is -0.476. The average Bonchev–Trinajstić information content (AvgIpc) is 3.37. The molecule has 3 heterocycles. The molecule has 1 aliphatic heterocycles. The van der Waals surface area contributed by atoms with Crippen molar-refractivity contribution in [1.29, 1.82) is 0 Å². The summed E-state index contributed by atoms with van der Waals surface area (Å²) in [4.78, 5) is 19.4. The van der Waals surface area contributed by atoms with Gasteiger partial charge < -0.3 is 20.1 Å². The van der Waals surface area contributed by atoms with Crippen molar-refractivity contribution in [3.63, 3.8) is 0 Å². The fourth-order valence-electron chi connectivity index (χ4n) is 4.11. The zero-order chi connectivity index (χ0) is 23.5. The zero-order valence-corrected chi connectivity index (χ0v) is 19.6. The van der Waals surface area contributed by atoms with Crippen LogP contribution in [-0.2, 0) is 4.74 Å². The normalized spacial score (nSPS) is 14.4. The van der Waals surface area contributed by atoms with Gasteiger partial charge in [-0.2, -0.15) is 0 Å². The largest absolute Gasteiger partial charge is 0.489 e. The Labute approximate surface area is 200 Å². The number of pyridine rings is 1. The van der Waals surface area contributed by atoms with Gasteiger partial charge in [0.1, 0.15) is 12.4 Å². The monoisotopic (exact) mass is 480 g/mol. The maximum Gasteiger partial charge on any atom is 0.253 e. The minimum Gasteiger partial charge on any atom is -0.489 e. The van der Waals surface area contributed by atoms with Crippen LogP contribution in [-0.4, -0.2) is 62.3 Å². The molecule has 7 nitrogen and oxygen atoms in total. The number of ether oxygens (including phenoxy) is 2. The summed E-state index contributed by atoms with van der Waals surface area (Å²) in [6, 6.07) is 12.5. The molecule has 2 aromatic heterocycles. The van der Waals surface area contributed by atoms with Crippen LogP contribution in [0.2, 0.25) is 0 Å². The van der Waals surface area contributed by atoms with E-state index in [-0.39, 0.29) is 17.3 Å². The first kappa shape index (κ1) is 22.5. The molecule has 0 saturated carbocycles. The molecule has 1 fully saturated rings. The van der Waals surface area contributed by atoms with Gasteiger partial charge in [-0.1, -0.05) is 18.2 Å². The van der Waals surface area contributed by atoms with Gasteiger partial charge in [0.25, 0.3) is 5.91 Å². The highest BCUT2D eigenvalue weighted by Crippen LogP contribution is 2.37. The van der Waals surface area contributed by atoms with Crippen molar-refractivity contribution in [2.45, 2.75) is 0 Å².